The van der Waals surface area contributed by atoms with Gasteiger partial charge >= 0.3 is 0 Å². The molecule has 1 aliphatic rings. The highest BCUT2D eigenvalue weighted by atomic mass is 32.2. The van der Waals surface area contributed by atoms with E-state index < -0.39 is 9.84 Å². The normalized spacial score (nSPS) is 14.8. The Bertz CT molecular complexity index is 743. The van der Waals surface area contributed by atoms with Gasteiger partial charge in [0.1, 0.15) is 0 Å². The van der Waals surface area contributed by atoms with Crippen LogP contribution in [-0.4, -0.2) is 21.2 Å². The van der Waals surface area contributed by atoms with Crippen LogP contribution in [0.5, 0.6) is 0 Å². The van der Waals surface area contributed by atoms with Gasteiger partial charge in [-0.25, -0.2) is 8.42 Å². The average Bonchev–Trinajstić information content (AvgIpc) is 2.89. The van der Waals surface area contributed by atoms with E-state index >= 15 is 0 Å². The zero-order valence-electron chi connectivity index (χ0n) is 12.7. The van der Waals surface area contributed by atoms with Gasteiger partial charge in [0.15, 0.2) is 9.84 Å². The summed E-state index contributed by atoms with van der Waals surface area (Å²) in [5, 5.41) is 3.29. The minimum atomic E-state index is -3.19. The second-order valence-corrected chi connectivity index (χ2v) is 8.01. The summed E-state index contributed by atoms with van der Waals surface area (Å²) in [6.45, 7) is 0.797. The lowest BCUT2D eigenvalue weighted by atomic mass is 10.0. The Kier molecular flexibility index (Phi) is 4.21. The van der Waals surface area contributed by atoms with E-state index in [0.29, 0.717) is 16.5 Å². The number of para-hydroxylation sites is 1. The van der Waals surface area contributed by atoms with E-state index in [1.807, 2.05) is 12.1 Å². The van der Waals surface area contributed by atoms with Crippen molar-refractivity contribution < 1.29 is 8.42 Å². The summed E-state index contributed by atoms with van der Waals surface area (Å²) in [6.07, 6.45) is 4.56. The van der Waals surface area contributed by atoms with Crippen molar-refractivity contribution in [3.63, 3.8) is 0 Å². The molecule has 0 spiro atoms. The van der Waals surface area contributed by atoms with Crippen LogP contribution in [0.4, 0.5) is 5.69 Å². The van der Waals surface area contributed by atoms with Gasteiger partial charge in [-0.2, -0.15) is 0 Å². The van der Waals surface area contributed by atoms with Gasteiger partial charge in [0, 0.05) is 12.8 Å². The van der Waals surface area contributed by atoms with Gasteiger partial charge < -0.3 is 5.32 Å². The highest BCUT2D eigenvalue weighted by Crippen LogP contribution is 2.29. The maximum atomic E-state index is 11.8. The number of anilines is 1. The first kappa shape index (κ1) is 15.1. The van der Waals surface area contributed by atoms with Gasteiger partial charge in [-0.15, -0.1) is 0 Å². The van der Waals surface area contributed by atoms with E-state index in [9.17, 15) is 8.42 Å². The first-order valence-electron chi connectivity index (χ1n) is 7.64. The molecule has 0 aliphatic heterocycles. The molecular weight excluding hydrogens is 294 g/mol. The Morgan fingerprint density at radius 1 is 1.00 bits per heavy atom. The zero-order chi connectivity index (χ0) is 15.6. The predicted molar refractivity (Wildman–Crippen MR) is 90.0 cm³/mol. The predicted octanol–water partition coefficient (Wildman–Crippen LogP) is 3.31. The van der Waals surface area contributed by atoms with Crippen molar-refractivity contribution >= 4 is 15.5 Å². The van der Waals surface area contributed by atoms with Gasteiger partial charge in [0.25, 0.3) is 0 Å². The van der Waals surface area contributed by atoms with Crippen LogP contribution in [0.2, 0.25) is 0 Å². The van der Waals surface area contributed by atoms with Crippen LogP contribution in [0, 0.1) is 5.92 Å². The smallest absolute Gasteiger partial charge is 0.177 e. The van der Waals surface area contributed by atoms with Gasteiger partial charge in [-0.3, -0.25) is 0 Å². The van der Waals surface area contributed by atoms with Crippen LogP contribution in [-0.2, 0) is 22.7 Å². The summed E-state index contributed by atoms with van der Waals surface area (Å²) >= 11 is 0. The molecule has 0 aromatic heterocycles. The van der Waals surface area contributed by atoms with Crippen LogP contribution < -0.4 is 5.32 Å². The second-order valence-electron chi connectivity index (χ2n) is 6.03. The molecule has 0 saturated carbocycles. The minimum Gasteiger partial charge on any atom is -0.384 e. The second kappa shape index (κ2) is 6.13. The summed E-state index contributed by atoms with van der Waals surface area (Å²) in [5.74, 6) is 0.648. The fourth-order valence-electron chi connectivity index (χ4n) is 3.20. The largest absolute Gasteiger partial charge is 0.384 e. The monoisotopic (exact) mass is 315 g/mol. The number of nitrogens with one attached hydrogen (secondary N) is 1. The summed E-state index contributed by atoms with van der Waals surface area (Å²) in [7, 11) is -3.19. The molecule has 3 rings (SSSR count). The fourth-order valence-corrected chi connectivity index (χ4v) is 4.07. The Hall–Kier alpha value is -1.81. The Labute approximate surface area is 132 Å². The Morgan fingerprint density at radius 2 is 1.59 bits per heavy atom. The van der Waals surface area contributed by atoms with Crippen molar-refractivity contribution in [3.8, 4) is 0 Å². The van der Waals surface area contributed by atoms with Crippen molar-refractivity contribution in [3.05, 3.63) is 59.7 Å². The number of rotatable bonds is 5. The molecule has 116 valence electrons. The molecule has 0 radical (unpaired) electrons. The van der Waals surface area contributed by atoms with E-state index in [4.69, 9.17) is 0 Å². The third-order valence-electron chi connectivity index (χ3n) is 4.29. The van der Waals surface area contributed by atoms with Crippen molar-refractivity contribution in [1.82, 2.24) is 0 Å². The van der Waals surface area contributed by atoms with Crippen LogP contribution in [0.3, 0.4) is 0 Å². The number of sulfone groups is 1. The number of benzene rings is 2. The summed E-state index contributed by atoms with van der Waals surface area (Å²) in [6, 6.07) is 15.7. The molecule has 0 saturated heterocycles. The number of fused-ring (bicyclic) bond motifs is 1. The number of hydrogen-bond acceptors (Lipinski definition) is 3. The van der Waals surface area contributed by atoms with Crippen molar-refractivity contribution in [2.75, 3.05) is 18.1 Å². The molecule has 4 heteroatoms. The van der Waals surface area contributed by atoms with Crippen molar-refractivity contribution in [1.29, 1.82) is 0 Å². The van der Waals surface area contributed by atoms with Crippen LogP contribution in [0.1, 0.15) is 17.5 Å². The third-order valence-corrected chi connectivity index (χ3v) is 5.45. The Balaban J connectivity index is 1.59. The van der Waals surface area contributed by atoms with E-state index in [2.05, 4.69) is 29.6 Å². The van der Waals surface area contributed by atoms with E-state index in [0.717, 1.165) is 25.8 Å². The first-order valence-corrected chi connectivity index (χ1v) is 9.53. The number of hydrogen-bond donors (Lipinski definition) is 1. The van der Waals surface area contributed by atoms with Crippen molar-refractivity contribution in [2.45, 2.75) is 24.2 Å². The van der Waals surface area contributed by atoms with Crippen LogP contribution >= 0.6 is 0 Å². The van der Waals surface area contributed by atoms with Gasteiger partial charge in [0.2, 0.25) is 0 Å². The maximum Gasteiger partial charge on any atom is 0.177 e. The topological polar surface area (TPSA) is 46.2 Å². The molecule has 0 fully saturated rings. The maximum absolute atomic E-state index is 11.8. The third kappa shape index (κ3) is 3.33. The highest BCUT2D eigenvalue weighted by molar-refractivity contribution is 7.90. The molecule has 2 aromatic rings. The van der Waals surface area contributed by atoms with Gasteiger partial charge in [0.05, 0.1) is 10.6 Å². The van der Waals surface area contributed by atoms with Crippen LogP contribution in [0.25, 0.3) is 0 Å². The van der Waals surface area contributed by atoms with E-state index in [-0.39, 0.29) is 0 Å². The molecular formula is C18H21NO2S. The molecule has 3 nitrogen and oxygen atoms in total. The lowest BCUT2D eigenvalue weighted by Gasteiger charge is -2.13. The molecule has 0 amide bonds. The van der Waals surface area contributed by atoms with E-state index in [1.165, 1.54) is 17.4 Å². The lowest BCUT2D eigenvalue weighted by molar-refractivity contribution is 0.529. The molecule has 0 bridgehead atoms. The summed E-state index contributed by atoms with van der Waals surface area (Å²) in [4.78, 5) is 0.379. The quantitative estimate of drug-likeness (QED) is 0.921. The average molecular weight is 315 g/mol. The fraction of sp³-hybridized carbons (Fsp3) is 0.333. The van der Waals surface area contributed by atoms with Crippen LogP contribution in [0.15, 0.2) is 53.4 Å². The lowest BCUT2D eigenvalue weighted by Crippen LogP contribution is -2.11. The minimum absolute atomic E-state index is 0.379. The first-order chi connectivity index (χ1) is 10.5. The van der Waals surface area contributed by atoms with E-state index in [1.54, 1.807) is 12.1 Å². The molecule has 22 heavy (non-hydrogen) atoms. The molecule has 0 unspecified atom stereocenters. The molecule has 1 N–H and O–H groups in total. The molecule has 0 heterocycles. The molecule has 0 atom stereocenters. The molecule has 1 aliphatic carbocycles. The summed E-state index contributed by atoms with van der Waals surface area (Å²) < 4.78 is 23.6. The van der Waals surface area contributed by atoms with Gasteiger partial charge in [-0.05, 0) is 48.4 Å². The standard InChI is InChI=1S/C18H21NO2S/c1-22(20,21)18-9-5-4-8-17(18)19-11-10-14-12-15-6-2-3-7-16(15)13-14/h2-9,14,19H,10-13H2,1H3. The van der Waals surface area contributed by atoms with Gasteiger partial charge in [-0.1, -0.05) is 36.4 Å². The Morgan fingerprint density at radius 3 is 2.23 bits per heavy atom. The summed E-state index contributed by atoms with van der Waals surface area (Å²) in [5.41, 5.74) is 3.63. The molecule has 2 aromatic carbocycles. The zero-order valence-corrected chi connectivity index (χ0v) is 13.6. The SMILES string of the molecule is CS(=O)(=O)c1ccccc1NCCC1Cc2ccccc2C1. The highest BCUT2D eigenvalue weighted by Gasteiger charge is 2.20. The van der Waals surface area contributed by atoms with Crippen molar-refractivity contribution in [2.24, 2.45) is 5.92 Å².